The lowest BCUT2D eigenvalue weighted by molar-refractivity contribution is 0.00142. The lowest BCUT2D eigenvalue weighted by atomic mass is 10.3. The van der Waals surface area contributed by atoms with E-state index in [9.17, 15) is 0 Å². The van der Waals surface area contributed by atoms with Crippen molar-refractivity contribution in [1.29, 1.82) is 0 Å². The molecule has 0 saturated carbocycles. The summed E-state index contributed by atoms with van der Waals surface area (Å²) in [6, 6.07) is 0. The fraction of sp³-hybridized carbons (Fsp3) is 1.00. The van der Waals surface area contributed by atoms with Crippen LogP contribution in [-0.2, 0) is 0 Å². The second kappa shape index (κ2) is 3.15. The maximum atomic E-state index is 3.66. The molecular formula is C10H23N5. The van der Waals surface area contributed by atoms with E-state index >= 15 is 0 Å². The fourth-order valence-corrected chi connectivity index (χ4v) is 3.10. The van der Waals surface area contributed by atoms with E-state index in [1.54, 1.807) is 0 Å². The normalized spacial score (nSPS) is 29.6. The molecular weight excluding hydrogens is 190 g/mol. The third-order valence-electron chi connectivity index (χ3n) is 3.94. The first-order valence-electron chi connectivity index (χ1n) is 5.46. The highest BCUT2D eigenvalue weighted by molar-refractivity contribution is 5.22. The number of rotatable bonds is 2. The van der Waals surface area contributed by atoms with E-state index in [1.807, 2.05) is 0 Å². The topological polar surface area (TPSA) is 34.9 Å². The number of likely N-dealkylation sites (N-methyl/N-ethyl adjacent to an activating group) is 4. The molecule has 2 aliphatic rings. The van der Waals surface area contributed by atoms with Crippen LogP contribution in [0.3, 0.4) is 0 Å². The van der Waals surface area contributed by atoms with E-state index in [2.05, 4.69) is 67.2 Å². The molecule has 0 amide bonds. The van der Waals surface area contributed by atoms with Gasteiger partial charge in [-0.05, 0) is 42.3 Å². The molecule has 15 heavy (non-hydrogen) atoms. The van der Waals surface area contributed by atoms with Crippen molar-refractivity contribution in [2.45, 2.75) is 11.6 Å². The third-order valence-corrected chi connectivity index (χ3v) is 3.94. The van der Waals surface area contributed by atoms with Gasteiger partial charge in [-0.3, -0.25) is 19.6 Å². The number of nitrogens with zero attached hydrogens (tertiary/aromatic N) is 4. The van der Waals surface area contributed by atoms with Crippen LogP contribution in [0.25, 0.3) is 0 Å². The van der Waals surface area contributed by atoms with Crippen LogP contribution in [-0.4, -0.2) is 86.5 Å². The minimum atomic E-state index is -0.0625. The van der Waals surface area contributed by atoms with Gasteiger partial charge in [0.25, 0.3) is 0 Å². The average molecular weight is 213 g/mol. The van der Waals surface area contributed by atoms with Gasteiger partial charge in [0.05, 0.1) is 0 Å². The van der Waals surface area contributed by atoms with Crippen molar-refractivity contribution >= 4 is 0 Å². The van der Waals surface area contributed by atoms with Crippen LogP contribution >= 0.6 is 0 Å². The van der Waals surface area contributed by atoms with Gasteiger partial charge < -0.3 is 0 Å². The van der Waals surface area contributed by atoms with Crippen LogP contribution in [0.15, 0.2) is 0 Å². The summed E-state index contributed by atoms with van der Waals surface area (Å²) in [7, 11) is 12.9. The van der Waals surface area contributed by atoms with Crippen molar-refractivity contribution < 1.29 is 0 Å². The zero-order chi connectivity index (χ0) is 11.4. The van der Waals surface area contributed by atoms with Gasteiger partial charge in [-0.25, -0.2) is 5.32 Å². The molecule has 0 bridgehead atoms. The van der Waals surface area contributed by atoms with Crippen molar-refractivity contribution in [3.05, 3.63) is 0 Å². The highest BCUT2D eigenvalue weighted by Crippen LogP contribution is 2.47. The van der Waals surface area contributed by atoms with Crippen LogP contribution in [0.4, 0.5) is 0 Å². The van der Waals surface area contributed by atoms with E-state index in [-0.39, 0.29) is 11.6 Å². The summed E-state index contributed by atoms with van der Waals surface area (Å²) in [5, 5.41) is 3.66. The van der Waals surface area contributed by atoms with Gasteiger partial charge in [0, 0.05) is 13.1 Å². The lowest BCUT2D eigenvalue weighted by Crippen LogP contribution is -2.57. The molecule has 0 unspecified atom stereocenters. The van der Waals surface area contributed by atoms with Crippen LogP contribution < -0.4 is 5.32 Å². The zero-order valence-electron chi connectivity index (χ0n) is 10.7. The molecule has 0 atom stereocenters. The molecule has 1 N–H and O–H groups in total. The Morgan fingerprint density at radius 2 is 1.33 bits per heavy atom. The molecule has 0 radical (unpaired) electrons. The van der Waals surface area contributed by atoms with Gasteiger partial charge in [0.2, 0.25) is 0 Å². The predicted molar refractivity (Wildman–Crippen MR) is 61.2 cm³/mol. The highest BCUT2D eigenvalue weighted by Gasteiger charge is 2.76. The number of hydrogen-bond donors (Lipinski definition) is 1. The van der Waals surface area contributed by atoms with E-state index in [1.165, 1.54) is 0 Å². The molecule has 88 valence electrons. The maximum Gasteiger partial charge on any atom is 0.178 e. The van der Waals surface area contributed by atoms with Crippen LogP contribution in [0, 0.1) is 0 Å². The Hall–Kier alpha value is -0.200. The van der Waals surface area contributed by atoms with Gasteiger partial charge in [-0.2, -0.15) is 0 Å². The molecule has 0 aromatic carbocycles. The Balaban J connectivity index is 2.34. The average Bonchev–Trinajstić information content (AvgIpc) is 2.78. The first-order chi connectivity index (χ1) is 6.89. The summed E-state index contributed by atoms with van der Waals surface area (Å²) in [6.45, 7) is 2.24. The molecule has 0 aromatic heterocycles. The lowest BCUT2D eigenvalue weighted by Gasteiger charge is -2.36. The Bertz CT molecular complexity index is 243. The van der Waals surface area contributed by atoms with E-state index in [0.717, 1.165) is 13.1 Å². The first-order valence-corrected chi connectivity index (χ1v) is 5.46. The summed E-state index contributed by atoms with van der Waals surface area (Å²) in [5.41, 5.74) is 0. The maximum absolute atomic E-state index is 3.66. The van der Waals surface area contributed by atoms with Crippen LogP contribution in [0.1, 0.15) is 0 Å². The third kappa shape index (κ3) is 1.10. The Kier molecular flexibility index (Phi) is 2.37. The predicted octanol–water partition coefficient (Wildman–Crippen LogP) is -1.10. The molecule has 5 heteroatoms. The summed E-state index contributed by atoms with van der Waals surface area (Å²) < 4.78 is 0. The molecule has 2 aliphatic heterocycles. The number of hydrogen-bond acceptors (Lipinski definition) is 5. The van der Waals surface area contributed by atoms with Gasteiger partial charge in [0.1, 0.15) is 0 Å². The smallest absolute Gasteiger partial charge is 0.178 e. The fourth-order valence-electron chi connectivity index (χ4n) is 3.10. The van der Waals surface area contributed by atoms with Gasteiger partial charge in [-0.1, -0.05) is 0 Å². The second-order valence-corrected chi connectivity index (χ2v) is 5.10. The summed E-state index contributed by atoms with van der Waals surface area (Å²) in [5.74, 6) is -0.0764. The highest BCUT2D eigenvalue weighted by atomic mass is 15.8. The largest absolute Gasteiger partial charge is 0.275 e. The van der Waals surface area contributed by atoms with E-state index < -0.39 is 0 Å². The Morgan fingerprint density at radius 3 is 1.60 bits per heavy atom. The van der Waals surface area contributed by atoms with Crippen molar-refractivity contribution in [1.82, 2.24) is 24.9 Å². The van der Waals surface area contributed by atoms with Gasteiger partial charge >= 0.3 is 0 Å². The summed E-state index contributed by atoms with van der Waals surface area (Å²) in [4.78, 5) is 9.30. The molecule has 0 aliphatic carbocycles. The number of nitrogens with one attached hydrogen (secondary N) is 1. The standard InChI is InChI=1S/C10H23N5/c1-12(2)9(13(3)4)10(11-9)14(5)7-8-15(10)6/h11H,7-8H2,1-6H3. The molecule has 5 nitrogen and oxygen atoms in total. The van der Waals surface area contributed by atoms with Crippen molar-refractivity contribution in [3.63, 3.8) is 0 Å². The quantitative estimate of drug-likeness (QED) is 0.465. The Labute approximate surface area is 92.6 Å². The van der Waals surface area contributed by atoms with E-state index in [0.29, 0.717) is 0 Å². The van der Waals surface area contributed by atoms with E-state index in [4.69, 9.17) is 0 Å². The molecule has 2 heterocycles. The Morgan fingerprint density at radius 1 is 0.933 bits per heavy atom. The second-order valence-electron chi connectivity index (χ2n) is 5.10. The summed E-state index contributed by atoms with van der Waals surface area (Å²) >= 11 is 0. The molecule has 1 spiro atoms. The van der Waals surface area contributed by atoms with Gasteiger partial charge in [-0.15, -0.1) is 0 Å². The van der Waals surface area contributed by atoms with Crippen molar-refractivity contribution in [3.8, 4) is 0 Å². The van der Waals surface area contributed by atoms with Crippen molar-refractivity contribution in [2.75, 3.05) is 55.4 Å². The molecule has 2 fully saturated rings. The van der Waals surface area contributed by atoms with Crippen LogP contribution in [0.2, 0.25) is 0 Å². The zero-order valence-corrected chi connectivity index (χ0v) is 10.7. The molecule has 2 saturated heterocycles. The first kappa shape index (κ1) is 11.3. The molecule has 0 aromatic rings. The van der Waals surface area contributed by atoms with Gasteiger partial charge in [0.15, 0.2) is 11.6 Å². The SMILES string of the molecule is CN(C)C1(N(C)C)NC12N(C)CCN2C. The monoisotopic (exact) mass is 213 g/mol. The molecule has 2 rings (SSSR count). The minimum Gasteiger partial charge on any atom is -0.275 e. The van der Waals surface area contributed by atoms with Crippen molar-refractivity contribution in [2.24, 2.45) is 0 Å². The summed E-state index contributed by atoms with van der Waals surface area (Å²) in [6.07, 6.45) is 0. The minimum absolute atomic E-state index is 0.0139. The van der Waals surface area contributed by atoms with Crippen LogP contribution in [0.5, 0.6) is 0 Å².